The summed E-state index contributed by atoms with van der Waals surface area (Å²) in [5.41, 5.74) is 1.70. The lowest BCUT2D eigenvalue weighted by molar-refractivity contribution is -0.0557. The van der Waals surface area contributed by atoms with Crippen LogP contribution in [-0.2, 0) is 9.47 Å². The number of ether oxygens (including phenoxy) is 2. The Hall–Kier alpha value is -0.870. The van der Waals surface area contributed by atoms with Crippen LogP contribution >= 0.6 is 23.2 Å². The van der Waals surface area contributed by atoms with E-state index in [9.17, 15) is 0 Å². The zero-order valence-electron chi connectivity index (χ0n) is 9.48. The topological polar surface area (TPSA) is 31.4 Å². The third kappa shape index (κ3) is 2.08. The summed E-state index contributed by atoms with van der Waals surface area (Å²) in [6.45, 7) is 0.505. The molecule has 3 nitrogen and oxygen atoms in total. The molecule has 18 heavy (non-hydrogen) atoms. The largest absolute Gasteiger partial charge is 0.346 e. The van der Waals surface area contributed by atoms with Crippen LogP contribution in [0.25, 0.3) is 10.9 Å². The Morgan fingerprint density at radius 3 is 3.00 bits per heavy atom. The van der Waals surface area contributed by atoms with Gasteiger partial charge in [0.1, 0.15) is 0 Å². The van der Waals surface area contributed by atoms with E-state index in [1.807, 2.05) is 24.3 Å². The highest BCUT2D eigenvalue weighted by Gasteiger charge is 2.28. The van der Waals surface area contributed by atoms with Crippen molar-refractivity contribution >= 4 is 34.1 Å². The molecule has 1 aromatic carbocycles. The first-order valence-electron chi connectivity index (χ1n) is 5.66. The molecule has 0 saturated carbocycles. The average Bonchev–Trinajstić information content (AvgIpc) is 2.88. The average molecular weight is 284 g/mol. The van der Waals surface area contributed by atoms with Crippen LogP contribution in [0.1, 0.15) is 11.9 Å². The van der Waals surface area contributed by atoms with Gasteiger partial charge in [-0.2, -0.15) is 0 Å². The molecule has 2 aromatic rings. The fourth-order valence-electron chi connectivity index (χ4n) is 2.04. The van der Waals surface area contributed by atoms with Gasteiger partial charge >= 0.3 is 0 Å². The minimum atomic E-state index is -0.414. The lowest BCUT2D eigenvalue weighted by atomic mass is 10.1. The van der Waals surface area contributed by atoms with Crippen molar-refractivity contribution in [3.63, 3.8) is 0 Å². The summed E-state index contributed by atoms with van der Waals surface area (Å²) < 4.78 is 11.3. The molecule has 2 unspecified atom stereocenters. The van der Waals surface area contributed by atoms with E-state index in [-0.39, 0.29) is 6.10 Å². The van der Waals surface area contributed by atoms with Crippen molar-refractivity contribution in [1.82, 2.24) is 4.98 Å². The summed E-state index contributed by atoms with van der Waals surface area (Å²) in [7, 11) is 0. The second-order valence-corrected chi connectivity index (χ2v) is 4.83. The molecule has 0 spiro atoms. The van der Waals surface area contributed by atoms with Gasteiger partial charge in [0.2, 0.25) is 0 Å². The van der Waals surface area contributed by atoms with Crippen LogP contribution in [0.15, 0.2) is 30.5 Å². The Morgan fingerprint density at radius 1 is 1.33 bits per heavy atom. The predicted octanol–water partition coefficient (Wildman–Crippen LogP) is 3.54. The van der Waals surface area contributed by atoms with E-state index >= 15 is 0 Å². The summed E-state index contributed by atoms with van der Waals surface area (Å²) in [5.74, 6) is 0.426. The molecule has 2 heterocycles. The smallest absolute Gasteiger partial charge is 0.186 e. The van der Waals surface area contributed by atoms with E-state index in [0.29, 0.717) is 17.5 Å². The maximum absolute atomic E-state index is 6.15. The second kappa shape index (κ2) is 5.02. The molecule has 1 aliphatic heterocycles. The molecule has 0 N–H and O–H groups in total. The Morgan fingerprint density at radius 2 is 2.22 bits per heavy atom. The molecule has 0 aliphatic carbocycles. The van der Waals surface area contributed by atoms with Crippen LogP contribution in [0, 0.1) is 0 Å². The van der Waals surface area contributed by atoms with Crippen LogP contribution in [-0.4, -0.2) is 23.6 Å². The van der Waals surface area contributed by atoms with Crippen molar-refractivity contribution in [2.24, 2.45) is 0 Å². The zero-order chi connectivity index (χ0) is 12.5. The van der Waals surface area contributed by atoms with E-state index in [2.05, 4.69) is 4.98 Å². The number of nitrogens with zero attached hydrogens (tertiary/aromatic N) is 1. The third-order valence-corrected chi connectivity index (χ3v) is 3.60. The Bertz CT molecular complexity index is 576. The normalized spacial score (nSPS) is 23.7. The molecule has 0 radical (unpaired) electrons. The van der Waals surface area contributed by atoms with Crippen molar-refractivity contribution in [2.75, 3.05) is 12.5 Å². The maximum atomic E-state index is 6.15. The van der Waals surface area contributed by atoms with Crippen LogP contribution in [0.3, 0.4) is 0 Å². The molecular formula is C13H11Cl2NO2. The van der Waals surface area contributed by atoms with Gasteiger partial charge in [-0.1, -0.05) is 17.7 Å². The Balaban J connectivity index is 2.05. The Kier molecular flexibility index (Phi) is 3.39. The quantitative estimate of drug-likeness (QED) is 0.790. The van der Waals surface area contributed by atoms with Gasteiger partial charge in [-0.05, 0) is 18.2 Å². The summed E-state index contributed by atoms with van der Waals surface area (Å²) in [5, 5.41) is 1.58. The number of alkyl halides is 1. The van der Waals surface area contributed by atoms with Crippen molar-refractivity contribution in [1.29, 1.82) is 0 Å². The van der Waals surface area contributed by atoms with Gasteiger partial charge in [-0.15, -0.1) is 11.6 Å². The van der Waals surface area contributed by atoms with Crippen molar-refractivity contribution in [3.05, 3.63) is 41.0 Å². The van der Waals surface area contributed by atoms with Gasteiger partial charge < -0.3 is 9.47 Å². The minimum absolute atomic E-state index is 0.0638. The number of hydrogen-bond acceptors (Lipinski definition) is 3. The molecule has 5 heteroatoms. The van der Waals surface area contributed by atoms with Gasteiger partial charge in [0.05, 0.1) is 24.1 Å². The van der Waals surface area contributed by atoms with E-state index in [4.69, 9.17) is 32.7 Å². The highest BCUT2D eigenvalue weighted by molar-refractivity contribution is 6.35. The summed E-state index contributed by atoms with van der Waals surface area (Å²) >= 11 is 11.9. The maximum Gasteiger partial charge on any atom is 0.186 e. The van der Waals surface area contributed by atoms with Gasteiger partial charge in [0.15, 0.2) is 6.29 Å². The molecule has 0 bridgehead atoms. The number of halogens is 2. The third-order valence-electron chi connectivity index (χ3n) is 2.92. The zero-order valence-corrected chi connectivity index (χ0v) is 11.0. The lowest BCUT2D eigenvalue weighted by Crippen LogP contribution is -2.11. The lowest BCUT2D eigenvalue weighted by Gasteiger charge is -2.13. The number of pyridine rings is 1. The monoisotopic (exact) mass is 283 g/mol. The van der Waals surface area contributed by atoms with Crippen LogP contribution in [0.2, 0.25) is 5.02 Å². The van der Waals surface area contributed by atoms with Gasteiger partial charge in [0.25, 0.3) is 0 Å². The molecule has 3 rings (SSSR count). The van der Waals surface area contributed by atoms with E-state index in [0.717, 1.165) is 16.5 Å². The predicted molar refractivity (Wildman–Crippen MR) is 71.0 cm³/mol. The fourth-order valence-corrected chi connectivity index (χ4v) is 2.42. The molecular weight excluding hydrogens is 273 g/mol. The summed E-state index contributed by atoms with van der Waals surface area (Å²) in [6.07, 6.45) is 1.25. The molecule has 94 valence electrons. The van der Waals surface area contributed by atoms with Crippen molar-refractivity contribution in [3.8, 4) is 0 Å². The minimum Gasteiger partial charge on any atom is -0.346 e. The fraction of sp³-hybridized carbons (Fsp3) is 0.308. The number of fused-ring (bicyclic) bond motifs is 1. The van der Waals surface area contributed by atoms with Crippen molar-refractivity contribution in [2.45, 2.75) is 12.4 Å². The summed E-state index contributed by atoms with van der Waals surface area (Å²) in [4.78, 5) is 4.36. The first-order chi connectivity index (χ1) is 8.79. The number of hydrogen-bond donors (Lipinski definition) is 0. The second-order valence-electron chi connectivity index (χ2n) is 4.11. The van der Waals surface area contributed by atoms with Crippen LogP contribution in [0.4, 0.5) is 0 Å². The number of aromatic nitrogens is 1. The summed E-state index contributed by atoms with van der Waals surface area (Å²) in [6, 6.07) is 7.51. The van der Waals surface area contributed by atoms with Crippen molar-refractivity contribution < 1.29 is 9.47 Å². The van der Waals surface area contributed by atoms with Crippen LogP contribution in [0.5, 0.6) is 0 Å². The molecule has 0 amide bonds. The van der Waals surface area contributed by atoms with Gasteiger partial charge in [-0.25, -0.2) is 0 Å². The number of rotatable bonds is 2. The highest BCUT2D eigenvalue weighted by atomic mass is 35.5. The first kappa shape index (κ1) is 12.2. The molecule has 2 atom stereocenters. The molecule has 1 fully saturated rings. The number of benzene rings is 1. The van der Waals surface area contributed by atoms with E-state index < -0.39 is 6.29 Å². The standard InChI is InChI=1S/C13H11Cl2NO2/c14-6-8-7-17-13(18-8)10-3-4-11(15)9-2-1-5-16-12(9)10/h1-5,8,13H,6-7H2. The van der Waals surface area contributed by atoms with Gasteiger partial charge in [-0.3, -0.25) is 4.98 Å². The van der Waals surface area contributed by atoms with Gasteiger partial charge in [0, 0.05) is 22.2 Å². The molecule has 1 aliphatic rings. The van der Waals surface area contributed by atoms with E-state index in [1.54, 1.807) is 6.20 Å². The first-order valence-corrected chi connectivity index (χ1v) is 6.57. The highest BCUT2D eigenvalue weighted by Crippen LogP contribution is 2.34. The SMILES string of the molecule is ClCC1COC(c2ccc(Cl)c3cccnc23)O1. The van der Waals surface area contributed by atoms with E-state index in [1.165, 1.54) is 0 Å². The molecule has 1 saturated heterocycles. The molecule has 1 aromatic heterocycles. The van der Waals surface area contributed by atoms with Crippen LogP contribution < -0.4 is 0 Å². The Labute approximate surface area is 115 Å².